The number of amides is 2. The molecule has 3 aromatic rings. The molecule has 3 rings (SSSR count). The van der Waals surface area contributed by atoms with E-state index in [1.165, 1.54) is 24.3 Å². The van der Waals surface area contributed by atoms with Crippen molar-refractivity contribution in [1.29, 1.82) is 0 Å². The predicted molar refractivity (Wildman–Crippen MR) is 135 cm³/mol. The molecular formula is C25H29N3O4S2. The van der Waals surface area contributed by atoms with Gasteiger partial charge in [-0.25, -0.2) is 13.1 Å². The first-order valence-electron chi connectivity index (χ1n) is 11.1. The molecule has 0 aliphatic rings. The molecule has 0 saturated heterocycles. The number of nitrogens with one attached hydrogen (secondary N) is 3. The number of thiophene rings is 1. The Morgan fingerprint density at radius 3 is 2.47 bits per heavy atom. The van der Waals surface area contributed by atoms with Gasteiger partial charge in [-0.15, -0.1) is 11.3 Å². The van der Waals surface area contributed by atoms with Gasteiger partial charge in [0.1, 0.15) is 0 Å². The first-order valence-corrected chi connectivity index (χ1v) is 13.4. The van der Waals surface area contributed by atoms with E-state index in [1.54, 1.807) is 17.4 Å². The molecule has 180 valence electrons. The van der Waals surface area contributed by atoms with Crippen molar-refractivity contribution >= 4 is 38.9 Å². The van der Waals surface area contributed by atoms with Gasteiger partial charge in [0.05, 0.1) is 4.90 Å². The molecule has 0 spiro atoms. The average molecular weight is 500 g/mol. The highest BCUT2D eigenvalue weighted by Gasteiger charge is 2.15. The van der Waals surface area contributed by atoms with Crippen molar-refractivity contribution in [2.75, 3.05) is 11.9 Å². The van der Waals surface area contributed by atoms with Gasteiger partial charge in [0.25, 0.3) is 5.91 Å². The van der Waals surface area contributed by atoms with E-state index in [0.717, 1.165) is 16.9 Å². The van der Waals surface area contributed by atoms with Crippen molar-refractivity contribution in [2.24, 2.45) is 5.92 Å². The molecule has 0 bridgehead atoms. The number of anilines is 1. The number of rotatable bonds is 11. The van der Waals surface area contributed by atoms with Crippen LogP contribution in [0.15, 0.2) is 70.9 Å². The van der Waals surface area contributed by atoms with Crippen LogP contribution in [0.3, 0.4) is 0 Å². The van der Waals surface area contributed by atoms with Crippen LogP contribution < -0.4 is 15.4 Å². The minimum Gasteiger partial charge on any atom is -0.348 e. The Balaban J connectivity index is 1.53. The van der Waals surface area contributed by atoms with Crippen LogP contribution >= 0.6 is 11.3 Å². The summed E-state index contributed by atoms with van der Waals surface area (Å²) in [6.07, 6.45) is 1.38. The van der Waals surface area contributed by atoms with Crippen LogP contribution in [0.5, 0.6) is 0 Å². The van der Waals surface area contributed by atoms with Crippen molar-refractivity contribution in [3.05, 3.63) is 82.0 Å². The largest absolute Gasteiger partial charge is 0.348 e. The summed E-state index contributed by atoms with van der Waals surface area (Å²) >= 11 is 1.58. The van der Waals surface area contributed by atoms with Gasteiger partial charge < -0.3 is 10.6 Å². The predicted octanol–water partition coefficient (Wildman–Crippen LogP) is 4.18. The molecule has 0 aliphatic heterocycles. The standard InChI is InChI=1S/C25H29N3O4S2/c1-3-18(2)24(29)28-21-7-4-6-19(16-21)17-26-25(30)20-9-11-23(12-10-20)34(31,32)27-14-13-22-8-5-15-33-22/h4-12,15-16,18,27H,3,13-14,17H2,1-2H3,(H,26,30)(H,28,29). The van der Waals surface area contributed by atoms with Crippen molar-refractivity contribution < 1.29 is 18.0 Å². The van der Waals surface area contributed by atoms with Crippen LogP contribution in [0, 0.1) is 5.92 Å². The van der Waals surface area contributed by atoms with Crippen molar-refractivity contribution in [2.45, 2.75) is 38.1 Å². The van der Waals surface area contributed by atoms with Crippen LogP contribution in [0.25, 0.3) is 0 Å². The summed E-state index contributed by atoms with van der Waals surface area (Å²) in [5.41, 5.74) is 1.88. The van der Waals surface area contributed by atoms with E-state index in [0.29, 0.717) is 24.2 Å². The highest BCUT2D eigenvalue weighted by atomic mass is 32.2. The Morgan fingerprint density at radius 2 is 1.79 bits per heavy atom. The van der Waals surface area contributed by atoms with Crippen LogP contribution in [-0.2, 0) is 27.8 Å². The van der Waals surface area contributed by atoms with E-state index >= 15 is 0 Å². The molecule has 0 radical (unpaired) electrons. The zero-order valence-corrected chi connectivity index (χ0v) is 20.8. The topological polar surface area (TPSA) is 104 Å². The highest BCUT2D eigenvalue weighted by molar-refractivity contribution is 7.89. The second-order valence-electron chi connectivity index (χ2n) is 7.93. The zero-order valence-electron chi connectivity index (χ0n) is 19.2. The third kappa shape index (κ3) is 7.24. The Hall–Kier alpha value is -3.01. The summed E-state index contributed by atoms with van der Waals surface area (Å²) in [6, 6.07) is 17.0. The Labute approximate surface area is 204 Å². The fourth-order valence-corrected chi connectivity index (χ4v) is 4.87. The summed E-state index contributed by atoms with van der Waals surface area (Å²) in [6.45, 7) is 4.41. The minimum atomic E-state index is -3.65. The van der Waals surface area contributed by atoms with E-state index in [2.05, 4.69) is 15.4 Å². The number of carbonyl (C=O) groups is 2. The molecule has 7 nitrogen and oxygen atoms in total. The van der Waals surface area contributed by atoms with Gasteiger partial charge in [0, 0.05) is 35.1 Å². The van der Waals surface area contributed by atoms with Gasteiger partial charge in [-0.3, -0.25) is 9.59 Å². The number of sulfonamides is 1. The fourth-order valence-electron chi connectivity index (χ4n) is 3.13. The average Bonchev–Trinajstić information content (AvgIpc) is 3.35. The van der Waals surface area contributed by atoms with E-state index < -0.39 is 10.0 Å². The number of hydrogen-bond acceptors (Lipinski definition) is 5. The maximum absolute atomic E-state index is 12.5. The summed E-state index contributed by atoms with van der Waals surface area (Å²) in [4.78, 5) is 25.8. The first kappa shape index (κ1) is 25.6. The first-order chi connectivity index (χ1) is 16.3. The van der Waals surface area contributed by atoms with E-state index in [1.807, 2.05) is 49.6 Å². The lowest BCUT2D eigenvalue weighted by atomic mass is 10.1. The van der Waals surface area contributed by atoms with Gasteiger partial charge >= 0.3 is 0 Å². The Morgan fingerprint density at radius 1 is 1.03 bits per heavy atom. The number of carbonyl (C=O) groups excluding carboxylic acids is 2. The molecule has 2 amide bonds. The Kier molecular flexibility index (Phi) is 8.98. The summed E-state index contributed by atoms with van der Waals surface area (Å²) in [5.74, 6) is -0.435. The molecule has 1 aromatic heterocycles. The highest BCUT2D eigenvalue weighted by Crippen LogP contribution is 2.15. The summed E-state index contributed by atoms with van der Waals surface area (Å²) in [7, 11) is -3.65. The molecular weight excluding hydrogens is 470 g/mol. The maximum Gasteiger partial charge on any atom is 0.251 e. The molecule has 3 N–H and O–H groups in total. The normalized spacial score (nSPS) is 12.2. The minimum absolute atomic E-state index is 0.0419. The lowest BCUT2D eigenvalue weighted by Gasteiger charge is -2.12. The van der Waals surface area contributed by atoms with Gasteiger partial charge in [0.2, 0.25) is 15.9 Å². The van der Waals surface area contributed by atoms with Gasteiger partial charge in [-0.2, -0.15) is 0 Å². The monoisotopic (exact) mass is 499 g/mol. The van der Waals surface area contributed by atoms with Crippen molar-refractivity contribution in [3.8, 4) is 0 Å². The molecule has 34 heavy (non-hydrogen) atoms. The second-order valence-corrected chi connectivity index (χ2v) is 10.7. The number of benzene rings is 2. The van der Waals surface area contributed by atoms with Crippen LogP contribution in [0.2, 0.25) is 0 Å². The van der Waals surface area contributed by atoms with E-state index in [4.69, 9.17) is 0 Å². The van der Waals surface area contributed by atoms with Crippen molar-refractivity contribution in [3.63, 3.8) is 0 Å². The smallest absolute Gasteiger partial charge is 0.251 e. The lowest BCUT2D eigenvalue weighted by molar-refractivity contribution is -0.119. The fraction of sp³-hybridized carbons (Fsp3) is 0.280. The Bertz CT molecular complexity index is 1210. The van der Waals surface area contributed by atoms with Gasteiger partial charge in [0.15, 0.2) is 0 Å². The summed E-state index contributed by atoms with van der Waals surface area (Å²) < 4.78 is 27.6. The van der Waals surface area contributed by atoms with Crippen LogP contribution in [0.4, 0.5) is 5.69 Å². The second kappa shape index (κ2) is 11.9. The van der Waals surface area contributed by atoms with Crippen molar-refractivity contribution in [1.82, 2.24) is 10.0 Å². The zero-order chi connectivity index (χ0) is 24.6. The lowest BCUT2D eigenvalue weighted by Crippen LogP contribution is -2.26. The van der Waals surface area contributed by atoms with E-state index in [-0.39, 0.29) is 29.2 Å². The number of hydrogen-bond donors (Lipinski definition) is 3. The molecule has 2 aromatic carbocycles. The third-order valence-corrected chi connectivity index (χ3v) is 7.79. The summed E-state index contributed by atoms with van der Waals surface area (Å²) in [5, 5.41) is 7.66. The molecule has 9 heteroatoms. The van der Waals surface area contributed by atoms with Crippen LogP contribution in [-0.4, -0.2) is 26.8 Å². The van der Waals surface area contributed by atoms with Gasteiger partial charge in [-0.1, -0.05) is 32.0 Å². The van der Waals surface area contributed by atoms with E-state index in [9.17, 15) is 18.0 Å². The quantitative estimate of drug-likeness (QED) is 0.368. The molecule has 0 aliphatic carbocycles. The molecule has 1 atom stereocenters. The van der Waals surface area contributed by atoms with Gasteiger partial charge in [-0.05, 0) is 66.2 Å². The molecule has 1 heterocycles. The molecule has 0 fully saturated rings. The maximum atomic E-state index is 12.5. The molecule has 0 saturated carbocycles. The SMILES string of the molecule is CCC(C)C(=O)Nc1cccc(CNC(=O)c2ccc(S(=O)(=O)NCCc3cccs3)cc2)c1. The molecule has 1 unspecified atom stereocenters. The van der Waals surface area contributed by atoms with Crippen LogP contribution in [0.1, 0.15) is 41.1 Å². The third-order valence-electron chi connectivity index (χ3n) is 5.38.